The van der Waals surface area contributed by atoms with Gasteiger partial charge in [0.05, 0.1) is 11.0 Å². The molecule has 2 heterocycles. The number of para-hydroxylation sites is 2. The Morgan fingerprint density at radius 1 is 1.05 bits per heavy atom. The third-order valence-corrected chi connectivity index (χ3v) is 3.48. The normalized spacial score (nSPS) is 11.3. The molecule has 0 aliphatic carbocycles. The Kier molecular flexibility index (Phi) is 3.99. The van der Waals surface area contributed by atoms with Gasteiger partial charge in [0, 0.05) is 12.8 Å². The Morgan fingerprint density at radius 3 is 2.67 bits per heavy atom. The van der Waals surface area contributed by atoms with Gasteiger partial charge in [0.25, 0.3) is 0 Å². The molecule has 21 heavy (non-hydrogen) atoms. The van der Waals surface area contributed by atoms with Gasteiger partial charge < -0.3 is 9.09 Å². The number of aromatic nitrogens is 4. The third-order valence-electron chi connectivity index (χ3n) is 3.48. The molecule has 0 radical (unpaired) electrons. The highest BCUT2D eigenvalue weighted by Gasteiger charge is 2.13. The van der Waals surface area contributed by atoms with Gasteiger partial charge >= 0.3 is 0 Å². The summed E-state index contributed by atoms with van der Waals surface area (Å²) < 4.78 is 7.55. The molecule has 1 aromatic carbocycles. The number of benzene rings is 1. The van der Waals surface area contributed by atoms with E-state index in [1.165, 1.54) is 0 Å². The van der Waals surface area contributed by atoms with Crippen LogP contribution in [0.5, 0.6) is 0 Å². The molecule has 5 nitrogen and oxygen atoms in total. The van der Waals surface area contributed by atoms with Crippen LogP contribution in [0.3, 0.4) is 0 Å². The molecular weight excluding hydrogens is 264 g/mol. The fourth-order valence-electron chi connectivity index (χ4n) is 2.53. The summed E-state index contributed by atoms with van der Waals surface area (Å²) in [6.07, 6.45) is 3.89. The van der Waals surface area contributed by atoms with Gasteiger partial charge in [-0.2, -0.15) is 4.98 Å². The van der Waals surface area contributed by atoms with E-state index < -0.39 is 0 Å². The average molecular weight is 284 g/mol. The molecule has 0 spiro atoms. The zero-order valence-electron chi connectivity index (χ0n) is 12.5. The van der Waals surface area contributed by atoms with Crippen LogP contribution in [0.15, 0.2) is 28.8 Å². The molecule has 0 aliphatic heterocycles. The molecule has 0 atom stereocenters. The maximum Gasteiger partial charge on any atom is 0.246 e. The van der Waals surface area contributed by atoms with Crippen molar-refractivity contribution in [1.82, 2.24) is 19.7 Å². The summed E-state index contributed by atoms with van der Waals surface area (Å²) in [7, 11) is 0. The van der Waals surface area contributed by atoms with Crippen molar-refractivity contribution < 1.29 is 4.52 Å². The molecule has 5 heteroatoms. The fourth-order valence-corrected chi connectivity index (χ4v) is 2.53. The van der Waals surface area contributed by atoms with E-state index in [0.29, 0.717) is 12.4 Å². The maximum atomic E-state index is 5.36. The molecule has 0 N–H and O–H groups in total. The van der Waals surface area contributed by atoms with Crippen molar-refractivity contribution in [2.45, 2.75) is 46.1 Å². The van der Waals surface area contributed by atoms with Crippen molar-refractivity contribution in [3.63, 3.8) is 0 Å². The monoisotopic (exact) mass is 284 g/mol. The van der Waals surface area contributed by atoms with E-state index in [2.05, 4.69) is 34.6 Å². The van der Waals surface area contributed by atoms with Gasteiger partial charge in [-0.1, -0.05) is 31.1 Å². The second kappa shape index (κ2) is 6.08. The molecule has 0 saturated heterocycles. The van der Waals surface area contributed by atoms with E-state index in [1.807, 2.05) is 18.2 Å². The Bertz CT molecular complexity index is 729. The van der Waals surface area contributed by atoms with E-state index in [9.17, 15) is 0 Å². The number of fused-ring (bicyclic) bond motifs is 1. The maximum absolute atomic E-state index is 5.36. The fraction of sp³-hybridized carbons (Fsp3) is 0.438. The zero-order chi connectivity index (χ0) is 14.7. The second-order valence-electron chi connectivity index (χ2n) is 5.21. The first-order valence-corrected chi connectivity index (χ1v) is 7.57. The third kappa shape index (κ3) is 2.82. The van der Waals surface area contributed by atoms with Crippen molar-refractivity contribution in [1.29, 1.82) is 0 Å². The first-order valence-electron chi connectivity index (χ1n) is 7.57. The van der Waals surface area contributed by atoms with E-state index in [-0.39, 0.29) is 0 Å². The van der Waals surface area contributed by atoms with Crippen molar-refractivity contribution >= 4 is 11.0 Å². The number of rotatable bonds is 6. The predicted octanol–water partition coefficient (Wildman–Crippen LogP) is 3.37. The Balaban J connectivity index is 1.95. The summed E-state index contributed by atoms with van der Waals surface area (Å²) in [5.41, 5.74) is 2.14. The van der Waals surface area contributed by atoms with Crippen molar-refractivity contribution in [3.05, 3.63) is 41.8 Å². The van der Waals surface area contributed by atoms with E-state index in [4.69, 9.17) is 9.51 Å². The van der Waals surface area contributed by atoms with Crippen molar-refractivity contribution in [2.75, 3.05) is 0 Å². The van der Waals surface area contributed by atoms with Gasteiger partial charge in [-0.3, -0.25) is 0 Å². The smallest absolute Gasteiger partial charge is 0.246 e. The Labute approximate surface area is 124 Å². The Hall–Kier alpha value is -2.17. The molecule has 0 aliphatic rings. The topological polar surface area (TPSA) is 56.7 Å². The number of aryl methyl sites for hydroxylation is 2. The van der Waals surface area contributed by atoms with Crippen LogP contribution in [-0.2, 0) is 19.4 Å². The van der Waals surface area contributed by atoms with Crippen LogP contribution >= 0.6 is 0 Å². The largest absolute Gasteiger partial charge is 0.337 e. The summed E-state index contributed by atoms with van der Waals surface area (Å²) in [4.78, 5) is 9.17. The molecule has 2 aromatic heterocycles. The van der Waals surface area contributed by atoms with Crippen LogP contribution in [-0.4, -0.2) is 19.7 Å². The van der Waals surface area contributed by atoms with Crippen LogP contribution in [0.2, 0.25) is 0 Å². The number of hydrogen-bond acceptors (Lipinski definition) is 4. The molecule has 0 saturated carbocycles. The molecular formula is C16H20N4O. The summed E-state index contributed by atoms with van der Waals surface area (Å²) in [5, 5.41) is 4.02. The number of nitrogens with zero attached hydrogens (tertiary/aromatic N) is 4. The first-order chi connectivity index (χ1) is 10.3. The zero-order valence-corrected chi connectivity index (χ0v) is 12.5. The van der Waals surface area contributed by atoms with Gasteiger partial charge in [-0.15, -0.1) is 0 Å². The molecule has 110 valence electrons. The minimum Gasteiger partial charge on any atom is -0.337 e. The molecule has 0 bridgehead atoms. The van der Waals surface area contributed by atoms with Crippen LogP contribution in [0.4, 0.5) is 0 Å². The highest BCUT2D eigenvalue weighted by atomic mass is 16.5. The van der Waals surface area contributed by atoms with Crippen molar-refractivity contribution in [3.8, 4) is 0 Å². The van der Waals surface area contributed by atoms with Crippen LogP contribution in [0.25, 0.3) is 11.0 Å². The first kappa shape index (κ1) is 13.8. The molecule has 0 amide bonds. The second-order valence-corrected chi connectivity index (χ2v) is 5.21. The van der Waals surface area contributed by atoms with Crippen LogP contribution in [0.1, 0.15) is 44.2 Å². The highest BCUT2D eigenvalue weighted by molar-refractivity contribution is 5.75. The molecule has 0 unspecified atom stereocenters. The lowest BCUT2D eigenvalue weighted by atomic mass is 10.3. The quantitative estimate of drug-likeness (QED) is 0.696. The lowest BCUT2D eigenvalue weighted by Gasteiger charge is -2.05. The highest BCUT2D eigenvalue weighted by Crippen LogP contribution is 2.18. The van der Waals surface area contributed by atoms with Gasteiger partial charge in [0.15, 0.2) is 5.82 Å². The summed E-state index contributed by atoms with van der Waals surface area (Å²) in [6.45, 7) is 4.86. The number of imidazole rings is 1. The van der Waals surface area contributed by atoms with Gasteiger partial charge in [0.2, 0.25) is 5.89 Å². The van der Waals surface area contributed by atoms with Crippen LogP contribution < -0.4 is 0 Å². The predicted molar refractivity (Wildman–Crippen MR) is 81.1 cm³/mol. The Morgan fingerprint density at radius 2 is 1.86 bits per heavy atom. The molecule has 3 rings (SSSR count). The van der Waals surface area contributed by atoms with Crippen molar-refractivity contribution in [2.24, 2.45) is 0 Å². The lowest BCUT2D eigenvalue weighted by molar-refractivity contribution is 0.365. The minimum absolute atomic E-state index is 0.590. The van der Waals surface area contributed by atoms with E-state index in [0.717, 1.165) is 48.4 Å². The van der Waals surface area contributed by atoms with E-state index >= 15 is 0 Å². The van der Waals surface area contributed by atoms with E-state index in [1.54, 1.807) is 0 Å². The standard InChI is InChI=1S/C16H20N4O/c1-3-7-14-18-16(21-19-14)11-20-13-10-6-5-9-12(13)17-15(20)8-4-2/h5-6,9-10H,3-4,7-8,11H2,1-2H3. The SMILES string of the molecule is CCCc1noc(Cn2c(CCC)nc3ccccc32)n1. The molecule has 0 fully saturated rings. The van der Waals surface area contributed by atoms with Gasteiger partial charge in [-0.05, 0) is 25.0 Å². The van der Waals surface area contributed by atoms with Crippen LogP contribution in [0, 0.1) is 0 Å². The van der Waals surface area contributed by atoms with Gasteiger partial charge in [0.1, 0.15) is 12.4 Å². The minimum atomic E-state index is 0.590. The summed E-state index contributed by atoms with van der Waals surface area (Å²) in [6, 6.07) is 8.18. The summed E-state index contributed by atoms with van der Waals surface area (Å²) >= 11 is 0. The summed E-state index contributed by atoms with van der Waals surface area (Å²) in [5.74, 6) is 2.52. The van der Waals surface area contributed by atoms with Gasteiger partial charge in [-0.25, -0.2) is 4.98 Å². The molecule has 3 aromatic rings. The average Bonchev–Trinajstić information content (AvgIpc) is 3.06. The lowest BCUT2D eigenvalue weighted by Crippen LogP contribution is -2.05. The number of hydrogen-bond donors (Lipinski definition) is 0.